The summed E-state index contributed by atoms with van der Waals surface area (Å²) in [6, 6.07) is 6.75. The Balaban J connectivity index is 2.24. The molecule has 1 aliphatic rings. The van der Waals surface area contributed by atoms with Gasteiger partial charge in [0.15, 0.2) is 0 Å². The van der Waals surface area contributed by atoms with Gasteiger partial charge in [-0.1, -0.05) is 33.7 Å². The summed E-state index contributed by atoms with van der Waals surface area (Å²) < 4.78 is 5.64. The highest BCUT2D eigenvalue weighted by Gasteiger charge is 2.44. The molecule has 98 valence electrons. The van der Waals surface area contributed by atoms with Crippen LogP contribution in [0.25, 0.3) is 0 Å². The molecule has 0 aromatic heterocycles. The minimum absolute atomic E-state index is 0.0475. The molecule has 1 saturated heterocycles. The predicted octanol–water partition coefficient (Wildman–Crippen LogP) is 3.82. The summed E-state index contributed by atoms with van der Waals surface area (Å²) in [7, 11) is 5.29. The highest BCUT2D eigenvalue weighted by atomic mass is 33.1. The van der Waals surface area contributed by atoms with Crippen molar-refractivity contribution in [3.05, 3.63) is 39.9 Å². The number of nitrogens with zero attached hydrogens (tertiary/aromatic N) is 1. The fourth-order valence-electron chi connectivity index (χ4n) is 2.06. The maximum absolute atomic E-state index is 10.6. The number of hydrogen-bond donors (Lipinski definition) is 0. The van der Waals surface area contributed by atoms with E-state index in [1.807, 2.05) is 12.1 Å². The van der Waals surface area contributed by atoms with Crippen molar-refractivity contribution in [1.29, 1.82) is 0 Å². The molecule has 1 aliphatic heterocycles. The van der Waals surface area contributed by atoms with Gasteiger partial charge in [0.1, 0.15) is 0 Å². The lowest BCUT2D eigenvalue weighted by molar-refractivity contribution is -0.384. The van der Waals surface area contributed by atoms with Gasteiger partial charge < -0.3 is 4.74 Å². The Morgan fingerprint density at radius 3 is 2.44 bits per heavy atom. The number of nitro groups is 1. The van der Waals surface area contributed by atoms with Crippen molar-refractivity contribution in [2.45, 2.75) is 29.9 Å². The monoisotopic (exact) mass is 285 g/mol. The summed E-state index contributed by atoms with van der Waals surface area (Å²) in [6.45, 7) is 4.31. The molecule has 2 unspecified atom stereocenters. The predicted molar refractivity (Wildman–Crippen MR) is 75.9 cm³/mol. The Kier molecular flexibility index (Phi) is 3.89. The van der Waals surface area contributed by atoms with E-state index in [-0.39, 0.29) is 26.7 Å². The maximum Gasteiger partial charge on any atom is 0.269 e. The SMILES string of the molecule is COC1C(c2ccc([N+](=O)[O-])cc2)SSC1(C)C. The van der Waals surface area contributed by atoms with E-state index >= 15 is 0 Å². The van der Waals surface area contributed by atoms with Crippen LogP contribution in [0.15, 0.2) is 24.3 Å². The molecule has 1 heterocycles. The number of methoxy groups -OCH3 is 1. The first kappa shape index (κ1) is 13.7. The lowest BCUT2D eigenvalue weighted by Gasteiger charge is -2.26. The van der Waals surface area contributed by atoms with E-state index in [1.54, 1.807) is 40.8 Å². The number of rotatable bonds is 3. The molecule has 0 spiro atoms. The molecular weight excluding hydrogens is 270 g/mol. The van der Waals surface area contributed by atoms with Crippen LogP contribution in [0, 0.1) is 10.1 Å². The Hall–Kier alpha value is -0.720. The van der Waals surface area contributed by atoms with E-state index in [9.17, 15) is 10.1 Å². The number of ether oxygens (including phenoxy) is 1. The highest BCUT2D eigenvalue weighted by Crippen LogP contribution is 2.58. The van der Waals surface area contributed by atoms with Crippen molar-refractivity contribution in [2.75, 3.05) is 7.11 Å². The zero-order valence-corrected chi connectivity index (χ0v) is 12.1. The van der Waals surface area contributed by atoms with Crippen LogP contribution < -0.4 is 0 Å². The third-order valence-electron chi connectivity index (χ3n) is 3.01. The second-order valence-electron chi connectivity index (χ2n) is 4.71. The summed E-state index contributed by atoms with van der Waals surface area (Å²) in [4.78, 5) is 10.3. The lowest BCUT2D eigenvalue weighted by Crippen LogP contribution is -2.33. The molecule has 0 N–H and O–H groups in total. The Morgan fingerprint density at radius 2 is 1.94 bits per heavy atom. The van der Waals surface area contributed by atoms with Gasteiger partial charge in [-0.15, -0.1) is 0 Å². The van der Waals surface area contributed by atoms with E-state index in [2.05, 4.69) is 13.8 Å². The van der Waals surface area contributed by atoms with Crippen molar-refractivity contribution >= 4 is 27.3 Å². The van der Waals surface area contributed by atoms with Crippen LogP contribution >= 0.6 is 21.6 Å². The Bertz CT molecular complexity index is 447. The van der Waals surface area contributed by atoms with Crippen LogP contribution in [0.4, 0.5) is 5.69 Å². The second kappa shape index (κ2) is 5.11. The van der Waals surface area contributed by atoms with Crippen molar-refractivity contribution in [3.8, 4) is 0 Å². The van der Waals surface area contributed by atoms with Gasteiger partial charge in [0.2, 0.25) is 0 Å². The summed E-state index contributed by atoms with van der Waals surface area (Å²) >= 11 is 0. The summed E-state index contributed by atoms with van der Waals surface area (Å²) in [5.41, 5.74) is 1.21. The zero-order valence-electron chi connectivity index (χ0n) is 10.5. The van der Waals surface area contributed by atoms with Gasteiger partial charge >= 0.3 is 0 Å². The summed E-state index contributed by atoms with van der Waals surface area (Å²) in [5, 5.41) is 10.8. The van der Waals surface area contributed by atoms with Crippen molar-refractivity contribution in [1.82, 2.24) is 0 Å². The first-order valence-electron chi connectivity index (χ1n) is 5.57. The van der Waals surface area contributed by atoms with E-state index in [0.29, 0.717) is 0 Å². The van der Waals surface area contributed by atoms with Gasteiger partial charge in [-0.2, -0.15) is 0 Å². The largest absolute Gasteiger partial charge is 0.378 e. The molecule has 0 aliphatic carbocycles. The minimum Gasteiger partial charge on any atom is -0.378 e. The van der Waals surface area contributed by atoms with Gasteiger partial charge in [-0.25, -0.2) is 0 Å². The summed E-state index contributed by atoms with van der Waals surface area (Å²) in [5.74, 6) is 0. The number of nitro benzene ring substituents is 1. The standard InChI is InChI=1S/C12H15NO3S2/c1-12(2)11(16-3)10(17-18-12)8-4-6-9(7-5-8)13(14)15/h4-7,10-11H,1-3H3. The topological polar surface area (TPSA) is 52.4 Å². The molecule has 18 heavy (non-hydrogen) atoms. The third kappa shape index (κ3) is 2.50. The average Bonchev–Trinajstić information content (AvgIpc) is 2.64. The van der Waals surface area contributed by atoms with Crippen LogP contribution in [-0.4, -0.2) is 22.9 Å². The van der Waals surface area contributed by atoms with Crippen LogP contribution in [0.2, 0.25) is 0 Å². The fraction of sp³-hybridized carbons (Fsp3) is 0.500. The van der Waals surface area contributed by atoms with E-state index in [0.717, 1.165) is 5.56 Å². The molecular formula is C12H15NO3S2. The normalized spacial score (nSPS) is 26.2. The maximum atomic E-state index is 10.6. The average molecular weight is 285 g/mol. The molecule has 0 saturated carbocycles. The van der Waals surface area contributed by atoms with E-state index in [4.69, 9.17) is 4.74 Å². The number of hydrogen-bond acceptors (Lipinski definition) is 5. The molecule has 2 atom stereocenters. The quantitative estimate of drug-likeness (QED) is 0.480. The molecule has 6 heteroatoms. The number of benzene rings is 1. The first-order chi connectivity index (χ1) is 8.45. The molecule has 0 radical (unpaired) electrons. The summed E-state index contributed by atoms with van der Waals surface area (Å²) in [6.07, 6.45) is 0.106. The second-order valence-corrected chi connectivity index (χ2v) is 7.71. The van der Waals surface area contributed by atoms with Crippen LogP contribution in [0.5, 0.6) is 0 Å². The van der Waals surface area contributed by atoms with Crippen LogP contribution in [0.1, 0.15) is 24.7 Å². The van der Waals surface area contributed by atoms with Crippen molar-refractivity contribution < 1.29 is 9.66 Å². The molecule has 1 fully saturated rings. The molecule has 2 rings (SSSR count). The zero-order chi connectivity index (χ0) is 13.3. The molecule has 4 nitrogen and oxygen atoms in total. The van der Waals surface area contributed by atoms with Gasteiger partial charge in [0, 0.05) is 24.0 Å². The van der Waals surface area contributed by atoms with Gasteiger partial charge in [0.25, 0.3) is 5.69 Å². The Morgan fingerprint density at radius 1 is 1.33 bits per heavy atom. The van der Waals surface area contributed by atoms with Crippen molar-refractivity contribution in [3.63, 3.8) is 0 Å². The molecule has 0 amide bonds. The number of non-ortho nitro benzene ring substituents is 1. The minimum atomic E-state index is -0.377. The molecule has 0 bridgehead atoms. The van der Waals surface area contributed by atoms with Gasteiger partial charge in [0.05, 0.1) is 16.3 Å². The van der Waals surface area contributed by atoms with Gasteiger partial charge in [-0.05, 0) is 19.4 Å². The van der Waals surface area contributed by atoms with E-state index < -0.39 is 0 Å². The van der Waals surface area contributed by atoms with Gasteiger partial charge in [-0.3, -0.25) is 10.1 Å². The Labute approximate surface area is 114 Å². The van der Waals surface area contributed by atoms with Crippen LogP contribution in [0.3, 0.4) is 0 Å². The molecule has 1 aromatic rings. The fourth-order valence-corrected chi connectivity index (χ4v) is 5.62. The van der Waals surface area contributed by atoms with E-state index in [1.165, 1.54) is 0 Å². The van der Waals surface area contributed by atoms with Crippen molar-refractivity contribution in [2.24, 2.45) is 0 Å². The smallest absolute Gasteiger partial charge is 0.269 e. The lowest BCUT2D eigenvalue weighted by atomic mass is 9.97. The highest BCUT2D eigenvalue weighted by molar-refractivity contribution is 8.77. The van der Waals surface area contributed by atoms with Crippen LogP contribution in [-0.2, 0) is 4.74 Å². The molecule has 1 aromatic carbocycles. The first-order valence-corrected chi connectivity index (χ1v) is 7.78. The third-order valence-corrected chi connectivity index (χ3v) is 6.70.